The van der Waals surface area contributed by atoms with Crippen LogP contribution in [0.5, 0.6) is 5.88 Å². The maximum absolute atomic E-state index is 6.13. The van der Waals surface area contributed by atoms with Crippen LogP contribution in [-0.2, 0) is 6.54 Å². The topological polar surface area (TPSA) is 58.5 Å². The van der Waals surface area contributed by atoms with Gasteiger partial charge in [0.15, 0.2) is 5.96 Å². The highest BCUT2D eigenvalue weighted by Gasteiger charge is 2.06. The van der Waals surface area contributed by atoms with Gasteiger partial charge >= 0.3 is 0 Å². The molecule has 1 heterocycles. The minimum absolute atomic E-state index is 0. The number of rotatable bonds is 5. The van der Waals surface area contributed by atoms with Crippen LogP contribution in [-0.4, -0.2) is 31.6 Å². The third-order valence-electron chi connectivity index (χ3n) is 2.34. The highest BCUT2D eigenvalue weighted by atomic mass is 127. The Hall–Kier alpha value is -0.760. The van der Waals surface area contributed by atoms with Gasteiger partial charge in [-0.2, -0.15) is 0 Å². The van der Waals surface area contributed by atoms with E-state index in [9.17, 15) is 0 Å². The summed E-state index contributed by atoms with van der Waals surface area (Å²) in [7, 11) is 3.52. The zero-order chi connectivity index (χ0) is 14.3. The van der Waals surface area contributed by atoms with E-state index in [-0.39, 0.29) is 24.0 Å². The fraction of sp³-hybridized carbons (Fsp3) is 0.538. The molecule has 0 aliphatic heterocycles. The lowest BCUT2D eigenvalue weighted by Gasteiger charge is -2.11. The van der Waals surface area contributed by atoms with Crippen molar-refractivity contribution in [2.75, 3.05) is 20.7 Å². The van der Waals surface area contributed by atoms with Crippen molar-refractivity contribution in [3.05, 3.63) is 22.8 Å². The molecule has 0 fully saturated rings. The number of ether oxygens (including phenoxy) is 1. The minimum Gasteiger partial charge on any atom is -0.476 e. The van der Waals surface area contributed by atoms with Crippen LogP contribution in [0.3, 0.4) is 0 Å². The number of nitrogens with zero attached hydrogens (tertiary/aromatic N) is 2. The van der Waals surface area contributed by atoms with Crippen LogP contribution in [0.1, 0.15) is 19.4 Å². The number of hydrogen-bond acceptors (Lipinski definition) is 3. The third kappa shape index (κ3) is 6.60. The summed E-state index contributed by atoms with van der Waals surface area (Å²) >= 11 is 6.13. The summed E-state index contributed by atoms with van der Waals surface area (Å²) < 4.78 is 5.52. The number of aliphatic imine (C=N–C) groups is 1. The van der Waals surface area contributed by atoms with Gasteiger partial charge in [0.1, 0.15) is 5.02 Å². The van der Waals surface area contributed by atoms with Gasteiger partial charge in [-0.3, -0.25) is 4.99 Å². The van der Waals surface area contributed by atoms with E-state index in [2.05, 4.69) is 34.5 Å². The highest BCUT2D eigenvalue weighted by Crippen LogP contribution is 2.22. The van der Waals surface area contributed by atoms with Crippen LogP contribution in [0.2, 0.25) is 5.02 Å². The lowest BCUT2D eigenvalue weighted by molar-refractivity contribution is 0.261. The van der Waals surface area contributed by atoms with Gasteiger partial charge < -0.3 is 15.4 Å². The molecular weight excluding hydrogens is 391 g/mol. The first-order valence-corrected chi connectivity index (χ1v) is 6.60. The molecule has 0 aromatic carbocycles. The molecule has 20 heavy (non-hydrogen) atoms. The van der Waals surface area contributed by atoms with Crippen LogP contribution in [0, 0.1) is 5.92 Å². The van der Waals surface area contributed by atoms with E-state index >= 15 is 0 Å². The van der Waals surface area contributed by atoms with Crippen LogP contribution in [0.4, 0.5) is 0 Å². The third-order valence-corrected chi connectivity index (χ3v) is 2.61. The largest absolute Gasteiger partial charge is 0.476 e. The number of hydrogen-bond donors (Lipinski definition) is 2. The predicted octanol–water partition coefficient (Wildman–Crippen LogP) is 2.68. The highest BCUT2D eigenvalue weighted by molar-refractivity contribution is 14.0. The van der Waals surface area contributed by atoms with E-state index < -0.39 is 0 Å². The Kier molecular flexibility index (Phi) is 9.66. The fourth-order valence-electron chi connectivity index (χ4n) is 1.38. The number of halogens is 2. The zero-order valence-electron chi connectivity index (χ0n) is 12.2. The van der Waals surface area contributed by atoms with Crippen molar-refractivity contribution < 1.29 is 4.74 Å². The number of aromatic nitrogens is 1. The molecule has 0 saturated heterocycles. The Labute approximate surface area is 142 Å². The summed E-state index contributed by atoms with van der Waals surface area (Å²) in [6, 6.07) is 1.85. The Bertz CT molecular complexity index is 440. The average Bonchev–Trinajstić information content (AvgIpc) is 2.38. The second kappa shape index (κ2) is 10.0. The molecule has 5 nitrogen and oxygen atoms in total. The smallest absolute Gasteiger partial charge is 0.232 e. The van der Waals surface area contributed by atoms with Gasteiger partial charge in [0.05, 0.1) is 6.61 Å². The molecule has 1 aromatic heterocycles. The van der Waals surface area contributed by atoms with Crippen molar-refractivity contribution in [2.45, 2.75) is 20.4 Å². The van der Waals surface area contributed by atoms with E-state index in [1.165, 1.54) is 0 Å². The maximum Gasteiger partial charge on any atom is 0.232 e. The normalized spacial score (nSPS) is 11.0. The molecular formula is C13H22ClIN4O. The molecule has 0 bridgehead atoms. The van der Waals surface area contributed by atoms with Crippen molar-refractivity contribution in [1.29, 1.82) is 0 Å². The lowest BCUT2D eigenvalue weighted by atomic mass is 10.2. The maximum atomic E-state index is 6.13. The zero-order valence-corrected chi connectivity index (χ0v) is 15.3. The monoisotopic (exact) mass is 412 g/mol. The molecule has 0 saturated carbocycles. The molecule has 7 heteroatoms. The molecule has 0 spiro atoms. The summed E-state index contributed by atoms with van der Waals surface area (Å²) in [6.07, 6.45) is 1.75. The molecule has 0 aliphatic rings. The molecule has 0 amide bonds. The van der Waals surface area contributed by atoms with Crippen molar-refractivity contribution in [3.8, 4) is 5.88 Å². The summed E-state index contributed by atoms with van der Waals surface area (Å²) in [5.74, 6) is 1.64. The molecule has 2 N–H and O–H groups in total. The van der Waals surface area contributed by atoms with Gasteiger partial charge in [-0.1, -0.05) is 25.4 Å². The van der Waals surface area contributed by atoms with Crippen LogP contribution < -0.4 is 15.4 Å². The van der Waals surface area contributed by atoms with E-state index in [1.807, 2.05) is 13.1 Å². The molecule has 1 rings (SSSR count). The summed E-state index contributed by atoms with van der Waals surface area (Å²) in [5.41, 5.74) is 0.971. The second-order valence-corrected chi connectivity index (χ2v) is 4.92. The molecule has 0 unspecified atom stereocenters. The van der Waals surface area contributed by atoms with E-state index in [4.69, 9.17) is 16.3 Å². The van der Waals surface area contributed by atoms with Crippen molar-refractivity contribution in [1.82, 2.24) is 15.6 Å². The first-order valence-electron chi connectivity index (χ1n) is 6.22. The number of pyridine rings is 1. The van der Waals surface area contributed by atoms with Crippen molar-refractivity contribution in [2.24, 2.45) is 10.9 Å². The molecule has 0 aliphatic carbocycles. The Balaban J connectivity index is 0.00000361. The summed E-state index contributed by atoms with van der Waals surface area (Å²) in [6.45, 7) is 5.37. The molecule has 1 aromatic rings. The Morgan fingerprint density at radius 1 is 1.50 bits per heavy atom. The molecule has 114 valence electrons. The first kappa shape index (κ1) is 19.2. The second-order valence-electron chi connectivity index (χ2n) is 4.51. The van der Waals surface area contributed by atoms with Gasteiger partial charge in [0.2, 0.25) is 5.88 Å². The summed E-state index contributed by atoms with van der Waals surface area (Å²) in [5, 5.41) is 6.60. The van der Waals surface area contributed by atoms with Gasteiger partial charge in [-0.25, -0.2) is 4.98 Å². The number of guanidine groups is 1. The van der Waals surface area contributed by atoms with E-state index in [0.29, 0.717) is 30.0 Å². The fourth-order valence-corrected chi connectivity index (χ4v) is 1.62. The minimum atomic E-state index is 0. The number of nitrogens with one attached hydrogen (secondary N) is 2. The van der Waals surface area contributed by atoms with Gasteiger partial charge in [-0.05, 0) is 17.5 Å². The van der Waals surface area contributed by atoms with Gasteiger partial charge in [0, 0.05) is 26.8 Å². The van der Waals surface area contributed by atoms with Crippen LogP contribution in [0.15, 0.2) is 17.3 Å². The lowest BCUT2D eigenvalue weighted by Crippen LogP contribution is -2.34. The van der Waals surface area contributed by atoms with Crippen LogP contribution in [0.25, 0.3) is 0 Å². The average molecular weight is 413 g/mol. The standard InChI is InChI=1S/C13H21ClN4O.HI/c1-9(2)8-19-12-11(14)5-10(6-17-12)7-18-13(15-3)16-4;/h5-6,9H,7-8H2,1-4H3,(H2,15,16,18);1H. The molecule has 0 radical (unpaired) electrons. The van der Waals surface area contributed by atoms with Gasteiger partial charge in [-0.15, -0.1) is 24.0 Å². The van der Waals surface area contributed by atoms with Crippen LogP contribution >= 0.6 is 35.6 Å². The summed E-state index contributed by atoms with van der Waals surface area (Å²) in [4.78, 5) is 8.25. The predicted molar refractivity (Wildman–Crippen MR) is 94.3 cm³/mol. The van der Waals surface area contributed by atoms with E-state index in [0.717, 1.165) is 11.5 Å². The van der Waals surface area contributed by atoms with Gasteiger partial charge in [0.25, 0.3) is 0 Å². The SMILES string of the molecule is CN=C(NC)NCc1cnc(OCC(C)C)c(Cl)c1.I. The van der Waals surface area contributed by atoms with E-state index in [1.54, 1.807) is 13.2 Å². The van der Waals surface area contributed by atoms with Crippen molar-refractivity contribution >= 4 is 41.5 Å². The Morgan fingerprint density at radius 3 is 2.70 bits per heavy atom. The molecule has 0 atom stereocenters. The first-order chi connectivity index (χ1) is 9.06. The van der Waals surface area contributed by atoms with Crippen molar-refractivity contribution in [3.63, 3.8) is 0 Å². The Morgan fingerprint density at radius 2 is 2.20 bits per heavy atom. The quantitative estimate of drug-likeness (QED) is 0.443.